The van der Waals surface area contributed by atoms with Gasteiger partial charge in [-0.05, 0) is 38.5 Å². The number of nitrogens with one attached hydrogen (secondary N) is 2. The Hall–Kier alpha value is -3.43. The summed E-state index contributed by atoms with van der Waals surface area (Å²) >= 11 is 0. The normalized spacial score (nSPS) is 12.9. The molecule has 0 aromatic heterocycles. The number of amides is 2. The molecule has 2 amide bonds. The van der Waals surface area contributed by atoms with Crippen molar-refractivity contribution in [2.24, 2.45) is 0 Å². The van der Waals surface area contributed by atoms with Crippen molar-refractivity contribution in [3.63, 3.8) is 0 Å². The second-order valence-electron chi connectivity index (χ2n) is 9.32. The van der Waals surface area contributed by atoms with Crippen molar-refractivity contribution >= 4 is 38.5 Å². The number of ether oxygens (including phenoxy) is 1. The fourth-order valence-electron chi connectivity index (χ4n) is 3.54. The highest BCUT2D eigenvalue weighted by molar-refractivity contribution is 7.89. The molecular weight excluding hydrogens is 466 g/mol. The quantitative estimate of drug-likeness (QED) is 0.510. The fourth-order valence-corrected chi connectivity index (χ4v) is 4.64. The molecule has 2 N–H and O–H groups in total. The number of nitrogens with zero attached hydrogens (tertiary/aromatic N) is 1. The Morgan fingerprint density at radius 2 is 1.54 bits per heavy atom. The summed E-state index contributed by atoms with van der Waals surface area (Å²) in [6.45, 7) is 5.23. The van der Waals surface area contributed by atoms with Gasteiger partial charge in [0.05, 0.1) is 4.90 Å². The third-order valence-corrected chi connectivity index (χ3v) is 7.06. The van der Waals surface area contributed by atoms with Gasteiger partial charge in [0.2, 0.25) is 15.9 Å². The maximum Gasteiger partial charge on any atom is 0.408 e. The average Bonchev–Trinajstić information content (AvgIpc) is 2.77. The number of anilines is 1. The maximum absolute atomic E-state index is 13.3. The van der Waals surface area contributed by atoms with E-state index in [1.807, 2.05) is 30.3 Å². The van der Waals surface area contributed by atoms with Crippen molar-refractivity contribution in [2.45, 2.75) is 43.7 Å². The number of carbonyl (C=O) groups excluding carboxylic acids is 2. The van der Waals surface area contributed by atoms with Gasteiger partial charge in [-0.2, -0.15) is 0 Å². The molecular formula is C26H31N3O5S. The van der Waals surface area contributed by atoms with Crippen LogP contribution in [0.4, 0.5) is 10.5 Å². The Labute approximate surface area is 206 Å². The number of rotatable bonds is 7. The van der Waals surface area contributed by atoms with Crippen LogP contribution in [0.1, 0.15) is 26.3 Å². The Morgan fingerprint density at radius 1 is 0.914 bits per heavy atom. The first-order valence-electron chi connectivity index (χ1n) is 11.2. The van der Waals surface area contributed by atoms with Gasteiger partial charge in [0.15, 0.2) is 0 Å². The third-order valence-electron chi connectivity index (χ3n) is 5.19. The monoisotopic (exact) mass is 497 g/mol. The molecule has 35 heavy (non-hydrogen) atoms. The minimum absolute atomic E-state index is 0.142. The minimum atomic E-state index is -3.69. The first-order chi connectivity index (χ1) is 16.4. The molecule has 0 spiro atoms. The van der Waals surface area contributed by atoms with Crippen molar-refractivity contribution in [3.05, 3.63) is 72.3 Å². The van der Waals surface area contributed by atoms with Gasteiger partial charge in [-0.3, -0.25) is 4.79 Å². The van der Waals surface area contributed by atoms with Gasteiger partial charge in [0.1, 0.15) is 11.6 Å². The maximum atomic E-state index is 13.3. The lowest BCUT2D eigenvalue weighted by Crippen LogP contribution is -2.47. The molecule has 3 aromatic rings. The zero-order valence-electron chi connectivity index (χ0n) is 20.5. The SMILES string of the molecule is CN(C)S(=O)(=O)c1cccc2c(NC(=O)C(Cc3ccccc3)NC(=O)OC(C)(C)C)cccc12. The van der Waals surface area contributed by atoms with E-state index >= 15 is 0 Å². The Balaban J connectivity index is 1.94. The predicted molar refractivity (Wildman–Crippen MR) is 137 cm³/mol. The summed E-state index contributed by atoms with van der Waals surface area (Å²) in [6.07, 6.45) is -0.456. The van der Waals surface area contributed by atoms with Crippen LogP contribution in [0.3, 0.4) is 0 Å². The Morgan fingerprint density at radius 3 is 2.17 bits per heavy atom. The molecule has 3 rings (SSSR count). The van der Waals surface area contributed by atoms with E-state index in [0.29, 0.717) is 16.5 Å². The van der Waals surface area contributed by atoms with E-state index in [-0.39, 0.29) is 11.3 Å². The number of hydrogen-bond acceptors (Lipinski definition) is 5. The molecule has 8 nitrogen and oxygen atoms in total. The predicted octanol–water partition coefficient (Wildman–Crippen LogP) is 4.16. The summed E-state index contributed by atoms with van der Waals surface area (Å²) in [5, 5.41) is 6.58. The van der Waals surface area contributed by atoms with E-state index in [0.717, 1.165) is 9.87 Å². The molecule has 0 aliphatic rings. The highest BCUT2D eigenvalue weighted by Crippen LogP contribution is 2.30. The molecule has 3 aromatic carbocycles. The van der Waals surface area contributed by atoms with E-state index in [4.69, 9.17) is 4.74 Å². The fraction of sp³-hybridized carbons (Fsp3) is 0.308. The minimum Gasteiger partial charge on any atom is -0.444 e. The number of alkyl carbamates (subject to hydrolysis) is 1. The van der Waals surface area contributed by atoms with Crippen LogP contribution in [0.15, 0.2) is 71.6 Å². The van der Waals surface area contributed by atoms with Gasteiger partial charge in [-0.25, -0.2) is 17.5 Å². The molecule has 186 valence electrons. The van der Waals surface area contributed by atoms with Crippen molar-refractivity contribution < 1.29 is 22.7 Å². The second-order valence-corrected chi connectivity index (χ2v) is 11.4. The topological polar surface area (TPSA) is 105 Å². The van der Waals surface area contributed by atoms with Crippen LogP contribution in [0.2, 0.25) is 0 Å². The zero-order chi connectivity index (χ0) is 25.8. The summed E-state index contributed by atoms with van der Waals surface area (Å²) in [4.78, 5) is 25.9. The lowest BCUT2D eigenvalue weighted by atomic mass is 10.0. The first kappa shape index (κ1) is 26.2. The van der Waals surface area contributed by atoms with Gasteiger partial charge in [-0.1, -0.05) is 54.6 Å². The molecule has 0 fully saturated rings. The average molecular weight is 498 g/mol. The molecule has 0 saturated carbocycles. The van der Waals surface area contributed by atoms with Gasteiger partial charge in [0, 0.05) is 37.0 Å². The van der Waals surface area contributed by atoms with Crippen LogP contribution < -0.4 is 10.6 Å². The van der Waals surface area contributed by atoms with Crippen LogP contribution in [-0.2, 0) is 26.0 Å². The third kappa shape index (κ3) is 6.58. The van der Waals surface area contributed by atoms with Crippen LogP contribution in [0.5, 0.6) is 0 Å². The van der Waals surface area contributed by atoms with Gasteiger partial charge < -0.3 is 15.4 Å². The number of benzene rings is 3. The van der Waals surface area contributed by atoms with Crippen LogP contribution in [0, 0.1) is 0 Å². The van der Waals surface area contributed by atoms with E-state index in [1.165, 1.54) is 20.2 Å². The van der Waals surface area contributed by atoms with E-state index < -0.39 is 33.7 Å². The molecule has 0 radical (unpaired) electrons. The number of sulfonamides is 1. The van der Waals surface area contributed by atoms with Gasteiger partial charge in [0.25, 0.3) is 0 Å². The van der Waals surface area contributed by atoms with Gasteiger partial charge >= 0.3 is 6.09 Å². The lowest BCUT2D eigenvalue weighted by Gasteiger charge is -2.23. The van der Waals surface area contributed by atoms with E-state index in [9.17, 15) is 18.0 Å². The first-order valence-corrected chi connectivity index (χ1v) is 12.6. The molecule has 9 heteroatoms. The largest absolute Gasteiger partial charge is 0.444 e. The summed E-state index contributed by atoms with van der Waals surface area (Å²) < 4.78 is 32.1. The number of hydrogen-bond donors (Lipinski definition) is 2. The Kier molecular flexibility index (Phi) is 7.82. The lowest BCUT2D eigenvalue weighted by molar-refractivity contribution is -0.118. The molecule has 1 unspecified atom stereocenters. The van der Waals surface area contributed by atoms with Crippen molar-refractivity contribution in [3.8, 4) is 0 Å². The second kappa shape index (κ2) is 10.5. The highest BCUT2D eigenvalue weighted by atomic mass is 32.2. The zero-order valence-corrected chi connectivity index (χ0v) is 21.3. The van der Waals surface area contributed by atoms with Crippen molar-refractivity contribution in [1.82, 2.24) is 9.62 Å². The van der Waals surface area contributed by atoms with Crippen LogP contribution in [0.25, 0.3) is 10.8 Å². The number of carbonyl (C=O) groups is 2. The number of fused-ring (bicyclic) bond motifs is 1. The van der Waals surface area contributed by atoms with Gasteiger partial charge in [-0.15, -0.1) is 0 Å². The summed E-state index contributed by atoms with van der Waals surface area (Å²) in [5.74, 6) is -0.451. The standard InChI is InChI=1S/C26H31N3O5S/c1-26(2,3)34-25(31)28-22(17-18-11-7-6-8-12-18)24(30)27-21-15-9-14-20-19(21)13-10-16-23(20)35(32,33)29(4)5/h6-16,22H,17H2,1-5H3,(H,27,30)(H,28,31). The summed E-state index contributed by atoms with van der Waals surface area (Å²) in [6, 6.07) is 18.4. The van der Waals surface area contributed by atoms with Crippen LogP contribution >= 0.6 is 0 Å². The summed E-state index contributed by atoms with van der Waals surface area (Å²) in [5.41, 5.74) is 0.579. The molecule has 0 bridgehead atoms. The molecule has 0 aliphatic carbocycles. The van der Waals surface area contributed by atoms with E-state index in [2.05, 4.69) is 10.6 Å². The molecule has 0 aliphatic heterocycles. The summed E-state index contributed by atoms with van der Waals surface area (Å²) in [7, 11) is -0.755. The van der Waals surface area contributed by atoms with Crippen LogP contribution in [-0.4, -0.2) is 50.5 Å². The van der Waals surface area contributed by atoms with Crippen molar-refractivity contribution in [1.29, 1.82) is 0 Å². The molecule has 0 saturated heterocycles. The molecule has 0 heterocycles. The highest BCUT2D eigenvalue weighted by Gasteiger charge is 2.26. The van der Waals surface area contributed by atoms with E-state index in [1.54, 1.807) is 51.1 Å². The Bertz CT molecular complexity index is 1320. The van der Waals surface area contributed by atoms with Crippen molar-refractivity contribution in [2.75, 3.05) is 19.4 Å². The molecule has 1 atom stereocenters. The smallest absolute Gasteiger partial charge is 0.408 e.